The van der Waals surface area contributed by atoms with E-state index in [0.717, 1.165) is 0 Å². The Balaban J connectivity index is 0.000001000. The second-order valence-corrected chi connectivity index (χ2v) is 1.85. The first kappa shape index (κ1) is 10.0. The van der Waals surface area contributed by atoms with Crippen LogP contribution in [0.5, 0.6) is 5.75 Å². The molecule has 0 aromatic heterocycles. The largest absolute Gasteiger partial charge is 0.508 e. The third-order valence-corrected chi connectivity index (χ3v) is 1.11. The van der Waals surface area contributed by atoms with Gasteiger partial charge in [0.2, 0.25) is 0 Å². The fourth-order valence-electron chi connectivity index (χ4n) is 0.604. The molecule has 0 aliphatic rings. The zero-order chi connectivity index (χ0) is 7.56. The van der Waals surface area contributed by atoms with Crippen molar-refractivity contribution in [3.8, 4) is 5.75 Å². The molecule has 0 unspecified atom stereocenters. The summed E-state index contributed by atoms with van der Waals surface area (Å²) in [5.41, 5.74) is 0.179. The van der Waals surface area contributed by atoms with Gasteiger partial charge >= 0.3 is 5.97 Å². The van der Waals surface area contributed by atoms with Gasteiger partial charge in [-0.15, -0.1) is 0 Å². The minimum atomic E-state index is -0.986. The van der Waals surface area contributed by atoms with E-state index in [2.05, 4.69) is 0 Å². The zero-order valence-electron chi connectivity index (χ0n) is 5.52. The standard InChI is InChI=1S/C7H6O3.Cr/c8-6-3-1-5(2-4-6)7(9)10;/h1-4,8H,(H,9,10);. The van der Waals surface area contributed by atoms with Crippen LogP contribution in [0.1, 0.15) is 10.4 Å². The van der Waals surface area contributed by atoms with Crippen LogP contribution in [0.3, 0.4) is 0 Å². The van der Waals surface area contributed by atoms with Crippen LogP contribution in [0.2, 0.25) is 0 Å². The van der Waals surface area contributed by atoms with Crippen LogP contribution in [-0.2, 0) is 17.4 Å². The number of rotatable bonds is 1. The van der Waals surface area contributed by atoms with Crippen LogP contribution in [0.4, 0.5) is 0 Å². The zero-order valence-corrected chi connectivity index (χ0v) is 6.80. The molecule has 1 aromatic rings. The van der Waals surface area contributed by atoms with Gasteiger partial charge in [-0.1, -0.05) is 0 Å². The van der Waals surface area contributed by atoms with Crippen LogP contribution in [0.25, 0.3) is 0 Å². The summed E-state index contributed by atoms with van der Waals surface area (Å²) in [6, 6.07) is 5.36. The average molecular weight is 190 g/mol. The van der Waals surface area contributed by atoms with Crippen LogP contribution >= 0.6 is 0 Å². The molecular weight excluding hydrogens is 184 g/mol. The molecule has 0 aliphatic carbocycles. The monoisotopic (exact) mass is 190 g/mol. The first-order valence-corrected chi connectivity index (χ1v) is 2.72. The summed E-state index contributed by atoms with van der Waals surface area (Å²) in [5, 5.41) is 17.1. The fraction of sp³-hybridized carbons (Fsp3) is 0. The summed E-state index contributed by atoms with van der Waals surface area (Å²) in [6.07, 6.45) is 0. The van der Waals surface area contributed by atoms with E-state index >= 15 is 0 Å². The maximum atomic E-state index is 10.2. The van der Waals surface area contributed by atoms with Crippen LogP contribution in [0, 0.1) is 0 Å². The number of carbonyl (C=O) groups is 1. The van der Waals surface area contributed by atoms with E-state index in [4.69, 9.17) is 10.2 Å². The van der Waals surface area contributed by atoms with E-state index < -0.39 is 5.97 Å². The van der Waals surface area contributed by atoms with Gasteiger partial charge in [0.05, 0.1) is 5.56 Å². The summed E-state index contributed by atoms with van der Waals surface area (Å²) < 4.78 is 0. The van der Waals surface area contributed by atoms with Crippen molar-refractivity contribution < 1.29 is 32.4 Å². The molecule has 3 nitrogen and oxygen atoms in total. The minimum absolute atomic E-state index is 0. The van der Waals surface area contributed by atoms with Crippen molar-refractivity contribution in [3.63, 3.8) is 0 Å². The van der Waals surface area contributed by atoms with Crippen molar-refractivity contribution in [3.05, 3.63) is 29.8 Å². The number of phenolic OH excluding ortho intramolecular Hbond substituents is 1. The van der Waals surface area contributed by atoms with Gasteiger partial charge in [0, 0.05) is 17.4 Å². The van der Waals surface area contributed by atoms with Gasteiger partial charge in [0.15, 0.2) is 0 Å². The van der Waals surface area contributed by atoms with Gasteiger partial charge in [-0.25, -0.2) is 4.79 Å². The second-order valence-electron chi connectivity index (χ2n) is 1.85. The molecule has 1 aromatic carbocycles. The van der Waals surface area contributed by atoms with Crippen molar-refractivity contribution >= 4 is 5.97 Å². The molecule has 0 spiro atoms. The van der Waals surface area contributed by atoms with Crippen LogP contribution in [0.15, 0.2) is 24.3 Å². The van der Waals surface area contributed by atoms with Gasteiger partial charge in [-0.3, -0.25) is 0 Å². The Morgan fingerprint density at radius 1 is 1.18 bits per heavy atom. The molecule has 0 heterocycles. The molecule has 0 aliphatic heterocycles. The predicted molar refractivity (Wildman–Crippen MR) is 35.1 cm³/mol. The topological polar surface area (TPSA) is 57.5 Å². The summed E-state index contributed by atoms with van der Waals surface area (Å²) in [7, 11) is 0. The SMILES string of the molecule is O=C(O)c1ccc(O)cc1.[Cr]. The Hall–Kier alpha value is -0.978. The number of aromatic hydroxyl groups is 1. The maximum absolute atomic E-state index is 10.2. The van der Waals surface area contributed by atoms with E-state index in [1.54, 1.807) is 0 Å². The molecule has 11 heavy (non-hydrogen) atoms. The van der Waals surface area contributed by atoms with Crippen LogP contribution in [-0.4, -0.2) is 16.2 Å². The van der Waals surface area contributed by atoms with E-state index in [-0.39, 0.29) is 28.7 Å². The van der Waals surface area contributed by atoms with Crippen molar-refractivity contribution in [2.24, 2.45) is 0 Å². The Kier molecular flexibility index (Phi) is 3.66. The Morgan fingerprint density at radius 2 is 1.64 bits per heavy atom. The molecule has 58 valence electrons. The molecule has 2 N–H and O–H groups in total. The van der Waals surface area contributed by atoms with Gasteiger partial charge in [0.1, 0.15) is 5.75 Å². The quantitative estimate of drug-likeness (QED) is 0.696. The smallest absolute Gasteiger partial charge is 0.335 e. The first-order chi connectivity index (χ1) is 4.70. The summed E-state index contributed by atoms with van der Waals surface area (Å²) in [6.45, 7) is 0. The Bertz CT molecular complexity index is 242. The average Bonchev–Trinajstić information content (AvgIpc) is 1.88. The predicted octanol–water partition coefficient (Wildman–Crippen LogP) is 1.09. The molecule has 0 atom stereocenters. The molecule has 0 bridgehead atoms. The number of phenols is 1. The molecular formula is C7H6CrO3. The first-order valence-electron chi connectivity index (χ1n) is 2.72. The van der Waals surface area contributed by atoms with Crippen molar-refractivity contribution in [1.82, 2.24) is 0 Å². The molecule has 0 saturated carbocycles. The van der Waals surface area contributed by atoms with Gasteiger partial charge in [-0.2, -0.15) is 0 Å². The number of carboxylic acid groups (broad SMARTS) is 1. The van der Waals surface area contributed by atoms with Crippen molar-refractivity contribution in [2.75, 3.05) is 0 Å². The normalized spacial score (nSPS) is 8.36. The second kappa shape index (κ2) is 4.02. The Morgan fingerprint density at radius 3 is 2.00 bits per heavy atom. The number of hydrogen-bond acceptors (Lipinski definition) is 2. The van der Waals surface area contributed by atoms with Crippen LogP contribution < -0.4 is 0 Å². The summed E-state index contributed by atoms with van der Waals surface area (Å²) in [4.78, 5) is 10.2. The van der Waals surface area contributed by atoms with Crippen molar-refractivity contribution in [2.45, 2.75) is 0 Å². The summed E-state index contributed by atoms with van der Waals surface area (Å²) in [5.74, 6) is -0.912. The van der Waals surface area contributed by atoms with E-state index in [0.29, 0.717) is 0 Å². The van der Waals surface area contributed by atoms with E-state index in [9.17, 15) is 4.79 Å². The number of carboxylic acids is 1. The summed E-state index contributed by atoms with van der Waals surface area (Å²) >= 11 is 0. The van der Waals surface area contributed by atoms with Gasteiger partial charge < -0.3 is 10.2 Å². The molecule has 4 heteroatoms. The third kappa shape index (κ3) is 2.62. The molecule has 0 radical (unpaired) electrons. The van der Waals surface area contributed by atoms with Crippen molar-refractivity contribution in [1.29, 1.82) is 0 Å². The van der Waals surface area contributed by atoms with Gasteiger partial charge in [0.25, 0.3) is 0 Å². The molecule has 1 rings (SSSR count). The Labute approximate surface area is 74.4 Å². The number of aromatic carboxylic acids is 1. The fourth-order valence-corrected chi connectivity index (χ4v) is 0.604. The van der Waals surface area contributed by atoms with E-state index in [1.807, 2.05) is 0 Å². The molecule has 0 amide bonds. The molecule has 0 saturated heterocycles. The number of hydrogen-bond donors (Lipinski definition) is 2. The van der Waals surface area contributed by atoms with E-state index in [1.165, 1.54) is 24.3 Å². The number of benzene rings is 1. The third-order valence-electron chi connectivity index (χ3n) is 1.11. The molecule has 0 fully saturated rings. The maximum Gasteiger partial charge on any atom is 0.335 e. The minimum Gasteiger partial charge on any atom is -0.508 e. The van der Waals surface area contributed by atoms with Gasteiger partial charge in [-0.05, 0) is 24.3 Å².